The van der Waals surface area contributed by atoms with E-state index in [2.05, 4.69) is 20.0 Å². The van der Waals surface area contributed by atoms with E-state index in [1.54, 1.807) is 19.5 Å². The second kappa shape index (κ2) is 8.86. The number of hydrogen-bond donors (Lipinski definition) is 0. The standard InChI is InChI=1S/C25H25N5O2/c1-32-19-9-10-20-21(15-19)29-22(28-20)11-14-30(16-17-7-8-17)25(31)24-23(26-12-13-27-24)18-5-3-2-4-6-18/h2-6,9-10,12-13,17H,7-8,11,14-16H2,1H3. The third-order valence-electron chi connectivity index (χ3n) is 5.86. The molecule has 1 fully saturated rings. The van der Waals surface area contributed by atoms with E-state index in [0.29, 0.717) is 36.7 Å². The highest BCUT2D eigenvalue weighted by Crippen LogP contribution is 2.31. The first-order valence-electron chi connectivity index (χ1n) is 11.0. The summed E-state index contributed by atoms with van der Waals surface area (Å²) >= 11 is 0. The maximum atomic E-state index is 13.6. The minimum absolute atomic E-state index is 0.0879. The highest BCUT2D eigenvalue weighted by atomic mass is 16.5. The lowest BCUT2D eigenvalue weighted by molar-refractivity contribution is 0.0747. The van der Waals surface area contributed by atoms with Gasteiger partial charge in [-0.05, 0) is 30.9 Å². The molecule has 5 rings (SSSR count). The van der Waals surface area contributed by atoms with E-state index in [0.717, 1.165) is 48.0 Å². The Labute approximate surface area is 187 Å². The summed E-state index contributed by atoms with van der Waals surface area (Å²) in [5.41, 5.74) is 3.72. The summed E-state index contributed by atoms with van der Waals surface area (Å²) in [5.74, 6) is 2.11. The van der Waals surface area contributed by atoms with Gasteiger partial charge in [0.15, 0.2) is 5.69 Å². The molecule has 1 aromatic heterocycles. The van der Waals surface area contributed by atoms with Crippen LogP contribution in [0.3, 0.4) is 0 Å². The molecular weight excluding hydrogens is 402 g/mol. The van der Waals surface area contributed by atoms with Crippen molar-refractivity contribution in [3.8, 4) is 11.3 Å². The van der Waals surface area contributed by atoms with Gasteiger partial charge in [0.1, 0.15) is 17.3 Å². The van der Waals surface area contributed by atoms with Crippen LogP contribution in [0.2, 0.25) is 0 Å². The van der Waals surface area contributed by atoms with Gasteiger partial charge < -0.3 is 9.64 Å². The van der Waals surface area contributed by atoms with Crippen molar-refractivity contribution in [2.24, 2.45) is 15.9 Å². The Morgan fingerprint density at radius 3 is 2.69 bits per heavy atom. The Morgan fingerprint density at radius 1 is 1.09 bits per heavy atom. The third kappa shape index (κ3) is 4.37. The van der Waals surface area contributed by atoms with Crippen molar-refractivity contribution in [2.75, 3.05) is 20.2 Å². The van der Waals surface area contributed by atoms with Gasteiger partial charge in [-0.3, -0.25) is 9.78 Å². The second-order valence-electron chi connectivity index (χ2n) is 8.22. The van der Waals surface area contributed by atoms with Gasteiger partial charge in [-0.1, -0.05) is 30.3 Å². The van der Waals surface area contributed by atoms with Gasteiger partial charge in [0.2, 0.25) is 0 Å². The molecule has 7 nitrogen and oxygen atoms in total. The van der Waals surface area contributed by atoms with E-state index in [1.165, 1.54) is 0 Å². The fourth-order valence-corrected chi connectivity index (χ4v) is 3.93. The first-order valence-corrected chi connectivity index (χ1v) is 11.0. The van der Waals surface area contributed by atoms with Crippen LogP contribution in [0.5, 0.6) is 0 Å². The third-order valence-corrected chi connectivity index (χ3v) is 5.86. The van der Waals surface area contributed by atoms with Gasteiger partial charge in [0, 0.05) is 43.9 Å². The molecule has 7 heteroatoms. The molecule has 162 valence electrons. The predicted octanol–water partition coefficient (Wildman–Crippen LogP) is 4.06. The smallest absolute Gasteiger partial charge is 0.274 e. The van der Waals surface area contributed by atoms with Gasteiger partial charge in [-0.2, -0.15) is 0 Å². The summed E-state index contributed by atoms with van der Waals surface area (Å²) < 4.78 is 5.33. The minimum atomic E-state index is -0.0879. The molecule has 0 bridgehead atoms. The molecule has 0 atom stereocenters. The number of amides is 1. The van der Waals surface area contributed by atoms with Crippen LogP contribution in [0.25, 0.3) is 11.3 Å². The Kier molecular flexibility index (Phi) is 5.62. The zero-order valence-corrected chi connectivity index (χ0v) is 18.1. The lowest BCUT2D eigenvalue weighted by atomic mass is 10.1. The molecular formula is C25H25N5O2. The minimum Gasteiger partial charge on any atom is -0.501 e. The first kappa shape index (κ1) is 20.3. The molecule has 1 amide bonds. The molecule has 1 aromatic carbocycles. The van der Waals surface area contributed by atoms with Gasteiger partial charge in [0.25, 0.3) is 5.91 Å². The van der Waals surface area contributed by atoms with Crippen LogP contribution in [-0.4, -0.2) is 52.5 Å². The Bertz CT molecular complexity index is 1150. The largest absolute Gasteiger partial charge is 0.501 e. The summed E-state index contributed by atoms with van der Waals surface area (Å²) in [6.45, 7) is 1.28. The van der Waals surface area contributed by atoms with E-state index in [9.17, 15) is 4.79 Å². The SMILES string of the molecule is COC1=CC=C2N=C(CCN(CC3CC3)C(=O)c3nccnc3-c3ccccc3)N=C2C1. The van der Waals surface area contributed by atoms with Crippen LogP contribution in [-0.2, 0) is 4.74 Å². The van der Waals surface area contributed by atoms with Crippen LogP contribution in [0.4, 0.5) is 0 Å². The van der Waals surface area contributed by atoms with Crippen LogP contribution in [0.15, 0.2) is 76.3 Å². The zero-order chi connectivity index (χ0) is 21.9. The van der Waals surface area contributed by atoms with Crippen molar-refractivity contribution in [3.63, 3.8) is 0 Å². The van der Waals surface area contributed by atoms with Crippen molar-refractivity contribution in [1.82, 2.24) is 14.9 Å². The summed E-state index contributed by atoms with van der Waals surface area (Å²) in [4.78, 5) is 33.7. The highest BCUT2D eigenvalue weighted by molar-refractivity contribution is 6.14. The van der Waals surface area contributed by atoms with Gasteiger partial charge in [0.05, 0.1) is 18.5 Å². The fourth-order valence-electron chi connectivity index (χ4n) is 3.93. The maximum absolute atomic E-state index is 13.6. The second-order valence-corrected chi connectivity index (χ2v) is 8.22. The number of nitrogens with zero attached hydrogens (tertiary/aromatic N) is 5. The van der Waals surface area contributed by atoms with Crippen molar-refractivity contribution in [3.05, 3.63) is 72.0 Å². The number of ether oxygens (including phenoxy) is 1. The van der Waals surface area contributed by atoms with Crippen molar-refractivity contribution >= 4 is 17.5 Å². The number of rotatable bonds is 8. The van der Waals surface area contributed by atoms with Gasteiger partial charge in [-0.15, -0.1) is 0 Å². The van der Waals surface area contributed by atoms with Crippen molar-refractivity contribution in [2.45, 2.75) is 25.7 Å². The van der Waals surface area contributed by atoms with Crippen molar-refractivity contribution in [1.29, 1.82) is 0 Å². The quantitative estimate of drug-likeness (QED) is 0.636. The lowest BCUT2D eigenvalue weighted by Gasteiger charge is -2.23. The molecule has 2 heterocycles. The van der Waals surface area contributed by atoms with Crippen LogP contribution in [0, 0.1) is 5.92 Å². The molecule has 0 saturated heterocycles. The number of methoxy groups -OCH3 is 1. The molecule has 1 saturated carbocycles. The van der Waals surface area contributed by atoms with E-state index in [1.807, 2.05) is 47.4 Å². The molecule has 0 radical (unpaired) electrons. The van der Waals surface area contributed by atoms with Gasteiger partial charge in [-0.25, -0.2) is 15.0 Å². The van der Waals surface area contributed by atoms with Crippen LogP contribution in [0.1, 0.15) is 36.2 Å². The molecule has 0 unspecified atom stereocenters. The Hall–Kier alpha value is -3.61. The molecule has 2 aromatic rings. The van der Waals surface area contributed by atoms with E-state index >= 15 is 0 Å². The molecule has 0 spiro atoms. The number of benzene rings is 1. The zero-order valence-electron chi connectivity index (χ0n) is 18.1. The lowest BCUT2D eigenvalue weighted by Crippen LogP contribution is -2.35. The average molecular weight is 428 g/mol. The fraction of sp³-hybridized carbons (Fsp3) is 0.320. The average Bonchev–Trinajstić information content (AvgIpc) is 3.57. The Balaban J connectivity index is 1.33. The number of carbonyl (C=O) groups excluding carboxylic acids is 1. The molecule has 2 aliphatic carbocycles. The number of carbonyl (C=O) groups is 1. The van der Waals surface area contributed by atoms with Crippen molar-refractivity contribution < 1.29 is 9.53 Å². The molecule has 1 aliphatic heterocycles. The summed E-state index contributed by atoms with van der Waals surface area (Å²) in [6, 6.07) is 9.73. The first-order chi connectivity index (χ1) is 15.7. The molecule has 0 N–H and O–H groups in total. The van der Waals surface area contributed by atoms with Gasteiger partial charge >= 0.3 is 0 Å². The molecule has 32 heavy (non-hydrogen) atoms. The van der Waals surface area contributed by atoms with Crippen LogP contribution >= 0.6 is 0 Å². The highest BCUT2D eigenvalue weighted by Gasteiger charge is 2.30. The predicted molar refractivity (Wildman–Crippen MR) is 123 cm³/mol. The number of fused-ring (bicyclic) bond motifs is 1. The van der Waals surface area contributed by atoms with E-state index in [-0.39, 0.29) is 5.91 Å². The normalized spacial score (nSPS) is 17.0. The number of aliphatic imine (C=N–C) groups is 2. The number of hydrogen-bond acceptors (Lipinski definition) is 6. The van der Waals surface area contributed by atoms with E-state index < -0.39 is 0 Å². The topological polar surface area (TPSA) is 80.0 Å². The summed E-state index contributed by atoms with van der Waals surface area (Å²) in [6.07, 6.45) is 10.7. The number of amidine groups is 1. The summed E-state index contributed by atoms with van der Waals surface area (Å²) in [7, 11) is 1.67. The number of aromatic nitrogens is 2. The molecule has 3 aliphatic rings. The summed E-state index contributed by atoms with van der Waals surface area (Å²) in [5, 5.41) is 0. The van der Waals surface area contributed by atoms with E-state index in [4.69, 9.17) is 4.74 Å². The Morgan fingerprint density at radius 2 is 1.91 bits per heavy atom. The monoisotopic (exact) mass is 427 g/mol. The van der Waals surface area contributed by atoms with Crippen LogP contribution < -0.4 is 0 Å². The maximum Gasteiger partial charge on any atom is 0.274 e. The number of allylic oxidation sites excluding steroid dienone is 4.